The van der Waals surface area contributed by atoms with Gasteiger partial charge in [0.2, 0.25) is 5.88 Å². The molecule has 0 saturated carbocycles. The zero-order chi connectivity index (χ0) is 13.2. The largest absolute Gasteiger partial charge is 0.367 e. The predicted octanol–water partition coefficient (Wildman–Crippen LogP) is 3.75. The Balaban J connectivity index is 2.17. The molecule has 1 aromatic carbocycles. The lowest BCUT2D eigenvalue weighted by molar-refractivity contribution is 0.439. The van der Waals surface area contributed by atoms with E-state index in [1.54, 1.807) is 6.20 Å². The summed E-state index contributed by atoms with van der Waals surface area (Å²) in [5.41, 5.74) is 8.99. The number of nitrogens with two attached hydrogens (primary N) is 1. The summed E-state index contributed by atoms with van der Waals surface area (Å²) in [4.78, 5) is 4.28. The topological polar surface area (TPSA) is 64.9 Å². The molecule has 2 heterocycles. The van der Waals surface area contributed by atoms with Crippen molar-refractivity contribution in [3.8, 4) is 22.5 Å². The number of rotatable bonds is 2. The van der Waals surface area contributed by atoms with E-state index in [0.717, 1.165) is 21.3 Å². The van der Waals surface area contributed by atoms with Crippen LogP contribution in [-0.2, 0) is 0 Å². The molecule has 5 heteroatoms. The van der Waals surface area contributed by atoms with Gasteiger partial charge < -0.3 is 10.3 Å². The molecular formula is C14H10BrN3O. The molecule has 0 amide bonds. The molecule has 0 aliphatic heterocycles. The fraction of sp³-hybridized carbons (Fsp3) is 0. The van der Waals surface area contributed by atoms with Crippen molar-refractivity contribution < 1.29 is 4.52 Å². The van der Waals surface area contributed by atoms with Crippen molar-refractivity contribution in [2.75, 3.05) is 5.73 Å². The number of halogens is 1. The van der Waals surface area contributed by atoms with Crippen molar-refractivity contribution in [2.24, 2.45) is 0 Å². The van der Waals surface area contributed by atoms with E-state index in [0.29, 0.717) is 11.6 Å². The third kappa shape index (κ3) is 2.24. The average molecular weight is 316 g/mol. The van der Waals surface area contributed by atoms with Gasteiger partial charge in [-0.1, -0.05) is 39.3 Å². The third-order valence-corrected chi connectivity index (χ3v) is 3.29. The lowest BCUT2D eigenvalue weighted by atomic mass is 10.0. The van der Waals surface area contributed by atoms with Crippen molar-refractivity contribution in [3.05, 3.63) is 53.1 Å². The number of anilines is 1. The van der Waals surface area contributed by atoms with E-state index in [4.69, 9.17) is 10.3 Å². The first-order valence-electron chi connectivity index (χ1n) is 5.68. The number of nitrogens with zero attached hydrogens (tertiary/aromatic N) is 2. The smallest absolute Gasteiger partial charge is 0.230 e. The molecule has 2 aromatic heterocycles. The van der Waals surface area contributed by atoms with Crippen molar-refractivity contribution in [2.45, 2.75) is 0 Å². The van der Waals surface area contributed by atoms with Crippen LogP contribution in [0.4, 0.5) is 5.88 Å². The summed E-state index contributed by atoms with van der Waals surface area (Å²) in [6, 6.07) is 13.4. The second kappa shape index (κ2) is 4.85. The molecule has 2 N–H and O–H groups in total. The molecule has 0 fully saturated rings. The van der Waals surface area contributed by atoms with Gasteiger partial charge in [0, 0.05) is 10.7 Å². The van der Waals surface area contributed by atoms with Gasteiger partial charge >= 0.3 is 0 Å². The van der Waals surface area contributed by atoms with Gasteiger partial charge in [-0.05, 0) is 29.8 Å². The van der Waals surface area contributed by atoms with Crippen LogP contribution in [0, 0.1) is 0 Å². The van der Waals surface area contributed by atoms with E-state index in [9.17, 15) is 0 Å². The predicted molar refractivity (Wildman–Crippen MR) is 77.3 cm³/mol. The van der Waals surface area contributed by atoms with Crippen LogP contribution < -0.4 is 5.73 Å². The zero-order valence-electron chi connectivity index (χ0n) is 9.88. The van der Waals surface area contributed by atoms with Gasteiger partial charge in [-0.2, -0.15) is 0 Å². The van der Waals surface area contributed by atoms with Gasteiger partial charge in [-0.15, -0.1) is 0 Å². The van der Waals surface area contributed by atoms with E-state index < -0.39 is 0 Å². The van der Waals surface area contributed by atoms with Gasteiger partial charge in [0.25, 0.3) is 0 Å². The van der Waals surface area contributed by atoms with Crippen LogP contribution in [0.1, 0.15) is 0 Å². The molecular weight excluding hydrogens is 306 g/mol. The van der Waals surface area contributed by atoms with E-state index in [1.807, 2.05) is 42.5 Å². The molecule has 94 valence electrons. The standard InChI is InChI=1S/C14H10BrN3O/c15-10-6-4-9(5-7-10)12-13(18-19-14(12)16)11-3-1-2-8-17-11/h1-8H,16H2. The number of benzene rings is 1. The maximum atomic E-state index is 5.88. The Morgan fingerprint density at radius 2 is 1.84 bits per heavy atom. The number of pyridine rings is 1. The van der Waals surface area contributed by atoms with Gasteiger partial charge in [0.15, 0.2) is 0 Å². The van der Waals surface area contributed by atoms with Crippen LogP contribution in [0.25, 0.3) is 22.5 Å². The highest BCUT2D eigenvalue weighted by Gasteiger charge is 2.17. The Morgan fingerprint density at radius 3 is 2.53 bits per heavy atom. The molecule has 0 radical (unpaired) electrons. The first kappa shape index (κ1) is 11.9. The minimum Gasteiger partial charge on any atom is -0.367 e. The molecule has 0 unspecified atom stereocenters. The van der Waals surface area contributed by atoms with Crippen LogP contribution in [0.2, 0.25) is 0 Å². The molecule has 3 rings (SSSR count). The van der Waals surface area contributed by atoms with Crippen molar-refractivity contribution in [3.63, 3.8) is 0 Å². The van der Waals surface area contributed by atoms with E-state index in [2.05, 4.69) is 26.1 Å². The molecule has 0 bridgehead atoms. The molecule has 0 aliphatic rings. The highest BCUT2D eigenvalue weighted by molar-refractivity contribution is 9.10. The number of nitrogen functional groups attached to an aromatic ring is 1. The highest BCUT2D eigenvalue weighted by Crippen LogP contribution is 2.35. The number of hydrogen-bond donors (Lipinski definition) is 1. The zero-order valence-corrected chi connectivity index (χ0v) is 11.5. The Labute approximate surface area is 118 Å². The number of hydrogen-bond acceptors (Lipinski definition) is 4. The fourth-order valence-electron chi connectivity index (χ4n) is 1.88. The Bertz CT molecular complexity index is 692. The highest BCUT2D eigenvalue weighted by atomic mass is 79.9. The second-order valence-corrected chi connectivity index (χ2v) is 4.91. The Morgan fingerprint density at radius 1 is 1.05 bits per heavy atom. The fourth-order valence-corrected chi connectivity index (χ4v) is 2.14. The van der Waals surface area contributed by atoms with E-state index in [1.165, 1.54) is 0 Å². The van der Waals surface area contributed by atoms with Crippen molar-refractivity contribution in [1.29, 1.82) is 0 Å². The van der Waals surface area contributed by atoms with Crippen molar-refractivity contribution in [1.82, 2.24) is 10.1 Å². The summed E-state index contributed by atoms with van der Waals surface area (Å²) in [5, 5.41) is 4.01. The molecule has 3 aromatic rings. The second-order valence-electron chi connectivity index (χ2n) is 3.99. The maximum absolute atomic E-state index is 5.88. The average Bonchev–Trinajstić information content (AvgIpc) is 2.83. The number of aromatic nitrogens is 2. The summed E-state index contributed by atoms with van der Waals surface area (Å²) in [5.74, 6) is 0.294. The van der Waals surface area contributed by atoms with E-state index in [-0.39, 0.29) is 0 Å². The lowest BCUT2D eigenvalue weighted by Crippen LogP contribution is -1.89. The summed E-state index contributed by atoms with van der Waals surface area (Å²) < 4.78 is 6.12. The SMILES string of the molecule is Nc1onc(-c2ccccn2)c1-c1ccc(Br)cc1. The minimum absolute atomic E-state index is 0.294. The van der Waals surface area contributed by atoms with Gasteiger partial charge in [0.1, 0.15) is 5.69 Å². The van der Waals surface area contributed by atoms with Crippen LogP contribution in [0.3, 0.4) is 0 Å². The van der Waals surface area contributed by atoms with Crippen LogP contribution >= 0.6 is 15.9 Å². The summed E-state index contributed by atoms with van der Waals surface area (Å²) in [7, 11) is 0. The Hall–Kier alpha value is -2.14. The quantitative estimate of drug-likeness (QED) is 0.782. The van der Waals surface area contributed by atoms with Gasteiger partial charge in [-0.3, -0.25) is 4.98 Å². The first-order valence-corrected chi connectivity index (χ1v) is 6.47. The van der Waals surface area contributed by atoms with E-state index >= 15 is 0 Å². The van der Waals surface area contributed by atoms with Crippen molar-refractivity contribution >= 4 is 21.8 Å². The third-order valence-electron chi connectivity index (χ3n) is 2.76. The summed E-state index contributed by atoms with van der Waals surface area (Å²) in [6.45, 7) is 0. The molecule has 0 saturated heterocycles. The normalized spacial score (nSPS) is 10.6. The first-order chi connectivity index (χ1) is 9.25. The molecule has 0 atom stereocenters. The molecule has 19 heavy (non-hydrogen) atoms. The Kier molecular flexibility index (Phi) is 3.05. The summed E-state index contributed by atoms with van der Waals surface area (Å²) >= 11 is 3.41. The van der Waals surface area contributed by atoms with Crippen LogP contribution in [0.15, 0.2) is 57.7 Å². The lowest BCUT2D eigenvalue weighted by Gasteiger charge is -2.02. The maximum Gasteiger partial charge on any atom is 0.230 e. The van der Waals surface area contributed by atoms with Gasteiger partial charge in [0.05, 0.1) is 11.3 Å². The molecule has 0 spiro atoms. The van der Waals surface area contributed by atoms with Crippen LogP contribution in [-0.4, -0.2) is 10.1 Å². The van der Waals surface area contributed by atoms with Gasteiger partial charge in [-0.25, -0.2) is 0 Å². The minimum atomic E-state index is 0.294. The summed E-state index contributed by atoms with van der Waals surface area (Å²) in [6.07, 6.45) is 1.71. The molecule has 4 nitrogen and oxygen atoms in total. The molecule has 0 aliphatic carbocycles. The van der Waals surface area contributed by atoms with Crippen LogP contribution in [0.5, 0.6) is 0 Å². The monoisotopic (exact) mass is 315 g/mol.